The quantitative estimate of drug-likeness (QED) is 0.356. The number of esters is 1. The van der Waals surface area contributed by atoms with Crippen molar-refractivity contribution in [3.05, 3.63) is 84.4 Å². The van der Waals surface area contributed by atoms with Gasteiger partial charge in [-0.05, 0) is 50.1 Å². The maximum atomic E-state index is 12.8. The lowest BCUT2D eigenvalue weighted by Crippen LogP contribution is -2.18. The normalized spacial score (nSPS) is 10.9. The molecule has 0 aliphatic rings. The van der Waals surface area contributed by atoms with Crippen LogP contribution in [0.15, 0.2) is 73.1 Å². The van der Waals surface area contributed by atoms with Crippen LogP contribution in [0.4, 0.5) is 5.69 Å². The summed E-state index contributed by atoms with van der Waals surface area (Å²) in [6.07, 6.45) is 2.94. The highest BCUT2D eigenvalue weighted by atomic mass is 16.5. The lowest BCUT2D eigenvalue weighted by atomic mass is 10.1. The number of anilines is 1. The number of amides is 1. The first-order chi connectivity index (χ1) is 16.9. The van der Waals surface area contributed by atoms with E-state index in [-0.39, 0.29) is 29.9 Å². The molecule has 1 N–H and O–H groups in total. The maximum absolute atomic E-state index is 12.8. The lowest BCUT2D eigenvalue weighted by molar-refractivity contribution is 0.0371. The molecule has 0 aliphatic carbocycles. The molecule has 4 rings (SSSR count). The standard InChI is InChI=1S/C26H27N5O4/c1-4-30-16-23(24(29-30)26(33)35-18(2)3)27-25(32)22-14-15-31(28-22)17-34-21-12-10-20(11-13-21)19-8-6-5-7-9-19/h5-16,18H,4,17H2,1-3H3,(H,27,32). The van der Waals surface area contributed by atoms with E-state index in [0.717, 1.165) is 11.1 Å². The fraction of sp³-hybridized carbons (Fsp3) is 0.231. The number of hydrogen-bond acceptors (Lipinski definition) is 6. The fourth-order valence-electron chi connectivity index (χ4n) is 3.35. The molecule has 0 saturated carbocycles. The minimum absolute atomic E-state index is 0.0515. The van der Waals surface area contributed by atoms with Crippen LogP contribution in [0.3, 0.4) is 0 Å². The largest absolute Gasteiger partial charge is 0.471 e. The Hall–Kier alpha value is -4.40. The molecule has 4 aromatic rings. The molecular formula is C26H27N5O4. The van der Waals surface area contributed by atoms with Crippen molar-refractivity contribution in [1.29, 1.82) is 0 Å². The van der Waals surface area contributed by atoms with Crippen molar-refractivity contribution in [2.45, 2.75) is 40.2 Å². The number of carbonyl (C=O) groups excluding carboxylic acids is 2. The smallest absolute Gasteiger partial charge is 0.361 e. The van der Waals surface area contributed by atoms with Gasteiger partial charge in [0.15, 0.2) is 18.1 Å². The molecule has 35 heavy (non-hydrogen) atoms. The highest BCUT2D eigenvalue weighted by Gasteiger charge is 2.22. The zero-order valence-corrected chi connectivity index (χ0v) is 19.8. The van der Waals surface area contributed by atoms with Crippen LogP contribution < -0.4 is 10.1 Å². The summed E-state index contributed by atoms with van der Waals surface area (Å²) in [6, 6.07) is 19.4. The van der Waals surface area contributed by atoms with Crippen molar-refractivity contribution in [2.75, 3.05) is 5.32 Å². The summed E-state index contributed by atoms with van der Waals surface area (Å²) < 4.78 is 14.1. The second-order valence-corrected chi connectivity index (χ2v) is 8.06. The Labute approximate surface area is 203 Å². The molecule has 9 heteroatoms. The Bertz CT molecular complexity index is 1290. The molecule has 2 aromatic heterocycles. The summed E-state index contributed by atoms with van der Waals surface area (Å²) in [5, 5.41) is 11.2. The molecular weight excluding hydrogens is 446 g/mol. The van der Waals surface area contributed by atoms with E-state index < -0.39 is 11.9 Å². The van der Waals surface area contributed by atoms with E-state index in [4.69, 9.17) is 9.47 Å². The summed E-state index contributed by atoms with van der Waals surface area (Å²) in [6.45, 7) is 6.06. The molecule has 9 nitrogen and oxygen atoms in total. The van der Waals surface area contributed by atoms with E-state index in [2.05, 4.69) is 27.6 Å². The predicted octanol–water partition coefficient (Wildman–Crippen LogP) is 4.62. The molecule has 0 aliphatic heterocycles. The topological polar surface area (TPSA) is 100 Å². The van der Waals surface area contributed by atoms with E-state index >= 15 is 0 Å². The van der Waals surface area contributed by atoms with Crippen LogP contribution in [0, 0.1) is 0 Å². The van der Waals surface area contributed by atoms with Gasteiger partial charge in [-0.3, -0.25) is 9.48 Å². The van der Waals surface area contributed by atoms with Crippen molar-refractivity contribution in [3.8, 4) is 16.9 Å². The minimum Gasteiger partial charge on any atom is -0.471 e. The van der Waals surface area contributed by atoms with Crippen molar-refractivity contribution >= 4 is 17.6 Å². The molecule has 0 bridgehead atoms. The fourth-order valence-corrected chi connectivity index (χ4v) is 3.35. The van der Waals surface area contributed by atoms with Crippen molar-refractivity contribution in [3.63, 3.8) is 0 Å². The second kappa shape index (κ2) is 10.7. The van der Waals surface area contributed by atoms with Gasteiger partial charge in [0.1, 0.15) is 5.75 Å². The molecule has 0 fully saturated rings. The first kappa shape index (κ1) is 23.7. The molecule has 1 amide bonds. The Morgan fingerprint density at radius 1 is 0.943 bits per heavy atom. The third-order valence-corrected chi connectivity index (χ3v) is 5.07. The van der Waals surface area contributed by atoms with Gasteiger partial charge in [-0.2, -0.15) is 10.2 Å². The molecule has 2 aromatic carbocycles. The average Bonchev–Trinajstić information content (AvgIpc) is 3.50. The number of aromatic nitrogens is 4. The van der Waals surface area contributed by atoms with Crippen LogP contribution in [0.2, 0.25) is 0 Å². The van der Waals surface area contributed by atoms with Crippen LogP contribution in [0.25, 0.3) is 11.1 Å². The lowest BCUT2D eigenvalue weighted by Gasteiger charge is -2.08. The van der Waals surface area contributed by atoms with Crippen LogP contribution in [0.5, 0.6) is 5.75 Å². The summed E-state index contributed by atoms with van der Waals surface area (Å²) in [7, 11) is 0. The summed E-state index contributed by atoms with van der Waals surface area (Å²) in [5.41, 5.74) is 2.73. The van der Waals surface area contributed by atoms with Crippen molar-refractivity contribution < 1.29 is 19.1 Å². The van der Waals surface area contributed by atoms with E-state index in [1.807, 2.05) is 49.4 Å². The van der Waals surface area contributed by atoms with Gasteiger partial charge in [0.05, 0.1) is 11.8 Å². The van der Waals surface area contributed by atoms with Gasteiger partial charge in [0.25, 0.3) is 5.91 Å². The number of ether oxygens (including phenoxy) is 2. The molecule has 0 unspecified atom stereocenters. The second-order valence-electron chi connectivity index (χ2n) is 8.06. The van der Waals surface area contributed by atoms with Gasteiger partial charge in [0.2, 0.25) is 0 Å². The van der Waals surface area contributed by atoms with Crippen LogP contribution in [0.1, 0.15) is 41.7 Å². The van der Waals surface area contributed by atoms with Gasteiger partial charge in [-0.1, -0.05) is 42.5 Å². The first-order valence-electron chi connectivity index (χ1n) is 11.3. The van der Waals surface area contributed by atoms with Crippen LogP contribution >= 0.6 is 0 Å². The molecule has 0 saturated heterocycles. The number of nitrogens with zero attached hydrogens (tertiary/aromatic N) is 4. The Balaban J connectivity index is 1.38. The highest BCUT2D eigenvalue weighted by molar-refractivity contribution is 6.06. The number of aryl methyl sites for hydroxylation is 1. The molecule has 2 heterocycles. The van der Waals surface area contributed by atoms with Gasteiger partial charge in [-0.25, -0.2) is 9.48 Å². The number of benzene rings is 2. The minimum atomic E-state index is -0.597. The molecule has 0 radical (unpaired) electrons. The van der Waals surface area contributed by atoms with Crippen molar-refractivity contribution in [2.24, 2.45) is 0 Å². The average molecular weight is 474 g/mol. The van der Waals surface area contributed by atoms with Crippen molar-refractivity contribution in [1.82, 2.24) is 19.6 Å². The van der Waals surface area contributed by atoms with E-state index in [9.17, 15) is 9.59 Å². The Kier molecular flexibility index (Phi) is 7.25. The zero-order valence-electron chi connectivity index (χ0n) is 19.8. The third kappa shape index (κ3) is 5.94. The zero-order chi connectivity index (χ0) is 24.8. The van der Waals surface area contributed by atoms with E-state index in [0.29, 0.717) is 12.3 Å². The molecule has 0 atom stereocenters. The summed E-state index contributed by atoms with van der Waals surface area (Å²) in [5.74, 6) is -0.378. The van der Waals surface area contributed by atoms with Gasteiger partial charge >= 0.3 is 5.97 Å². The highest BCUT2D eigenvalue weighted by Crippen LogP contribution is 2.22. The first-order valence-corrected chi connectivity index (χ1v) is 11.3. The van der Waals surface area contributed by atoms with Gasteiger partial charge in [-0.15, -0.1) is 0 Å². The number of carbonyl (C=O) groups is 2. The van der Waals surface area contributed by atoms with E-state index in [1.54, 1.807) is 37.0 Å². The number of rotatable bonds is 9. The summed E-state index contributed by atoms with van der Waals surface area (Å²) in [4.78, 5) is 25.1. The van der Waals surface area contributed by atoms with Gasteiger partial charge in [0, 0.05) is 18.9 Å². The Morgan fingerprint density at radius 2 is 1.66 bits per heavy atom. The maximum Gasteiger partial charge on any atom is 0.361 e. The third-order valence-electron chi connectivity index (χ3n) is 5.07. The number of hydrogen-bond donors (Lipinski definition) is 1. The number of nitrogens with one attached hydrogen (secondary N) is 1. The molecule has 180 valence electrons. The molecule has 0 spiro atoms. The van der Waals surface area contributed by atoms with Crippen LogP contribution in [-0.2, 0) is 18.0 Å². The predicted molar refractivity (Wildman–Crippen MR) is 131 cm³/mol. The summed E-state index contributed by atoms with van der Waals surface area (Å²) >= 11 is 0. The Morgan fingerprint density at radius 3 is 2.34 bits per heavy atom. The van der Waals surface area contributed by atoms with Crippen LogP contribution in [-0.4, -0.2) is 37.5 Å². The van der Waals surface area contributed by atoms with E-state index in [1.165, 1.54) is 4.68 Å². The monoisotopic (exact) mass is 473 g/mol. The van der Waals surface area contributed by atoms with Gasteiger partial charge < -0.3 is 14.8 Å². The SMILES string of the molecule is CCn1cc(NC(=O)c2ccn(COc3ccc(-c4ccccc4)cc3)n2)c(C(=O)OC(C)C)n1.